The molecule has 0 bridgehead atoms. The third-order valence-corrected chi connectivity index (χ3v) is 4.09. The lowest BCUT2D eigenvalue weighted by atomic mass is 9.80. The van der Waals surface area contributed by atoms with E-state index in [9.17, 15) is 0 Å². The molecule has 1 atom stereocenters. The maximum Gasteiger partial charge on any atom is 0.0700 e. The van der Waals surface area contributed by atoms with E-state index in [4.69, 9.17) is 4.74 Å². The number of ether oxygens (including phenoxy) is 1. The molecule has 1 N–H and O–H groups in total. The monoisotopic (exact) mass is 226 g/mol. The molecule has 1 unspecified atom stereocenters. The average Bonchev–Trinajstić information content (AvgIpc) is 2.29. The van der Waals surface area contributed by atoms with Crippen LogP contribution in [0.15, 0.2) is 0 Å². The van der Waals surface area contributed by atoms with Crippen LogP contribution in [0, 0.1) is 5.41 Å². The Labute approximate surface area is 99.5 Å². The van der Waals surface area contributed by atoms with Crippen LogP contribution in [0.4, 0.5) is 0 Å². The molecular formula is C13H26N2O. The van der Waals surface area contributed by atoms with E-state index < -0.39 is 0 Å². The van der Waals surface area contributed by atoms with Crippen LogP contribution in [-0.4, -0.2) is 50.3 Å². The van der Waals surface area contributed by atoms with Crippen LogP contribution in [-0.2, 0) is 4.74 Å². The molecule has 94 valence electrons. The fraction of sp³-hybridized carbons (Fsp3) is 1.00. The minimum absolute atomic E-state index is 0.471. The summed E-state index contributed by atoms with van der Waals surface area (Å²) in [4.78, 5) is 2.61. The molecule has 16 heavy (non-hydrogen) atoms. The molecule has 2 heterocycles. The Balaban J connectivity index is 1.83. The summed E-state index contributed by atoms with van der Waals surface area (Å²) < 4.78 is 5.73. The molecule has 0 aliphatic carbocycles. The van der Waals surface area contributed by atoms with Crippen molar-refractivity contribution in [2.75, 3.05) is 39.3 Å². The zero-order valence-corrected chi connectivity index (χ0v) is 10.8. The molecule has 2 saturated heterocycles. The summed E-state index contributed by atoms with van der Waals surface area (Å²) in [6.07, 6.45) is 4.26. The lowest BCUT2D eigenvalue weighted by Crippen LogP contribution is -2.49. The number of hydrogen-bond donors (Lipinski definition) is 1. The molecule has 2 aliphatic heterocycles. The van der Waals surface area contributed by atoms with Gasteiger partial charge in [-0.05, 0) is 37.8 Å². The average molecular weight is 226 g/mol. The van der Waals surface area contributed by atoms with E-state index in [1.54, 1.807) is 0 Å². The summed E-state index contributed by atoms with van der Waals surface area (Å²) in [6.45, 7) is 11.5. The first-order chi connectivity index (χ1) is 7.72. The second-order valence-corrected chi connectivity index (χ2v) is 5.70. The molecule has 0 radical (unpaired) electrons. The lowest BCUT2D eigenvalue weighted by Gasteiger charge is -2.41. The van der Waals surface area contributed by atoms with Crippen LogP contribution in [0.25, 0.3) is 0 Å². The minimum atomic E-state index is 0.471. The van der Waals surface area contributed by atoms with Gasteiger partial charge in [-0.3, -0.25) is 4.90 Å². The second-order valence-electron chi connectivity index (χ2n) is 5.70. The van der Waals surface area contributed by atoms with Crippen LogP contribution >= 0.6 is 0 Å². The molecule has 3 nitrogen and oxygen atoms in total. The highest BCUT2D eigenvalue weighted by atomic mass is 16.5. The molecule has 0 saturated carbocycles. The summed E-state index contributed by atoms with van der Waals surface area (Å²) in [5.74, 6) is 0. The first-order valence-corrected chi connectivity index (χ1v) is 6.76. The molecule has 3 heteroatoms. The zero-order valence-electron chi connectivity index (χ0n) is 10.8. The molecule has 2 rings (SSSR count). The van der Waals surface area contributed by atoms with Crippen LogP contribution in [0.2, 0.25) is 0 Å². The normalized spacial score (nSPS) is 31.5. The highest BCUT2D eigenvalue weighted by Gasteiger charge is 2.30. The number of morpholine rings is 1. The number of nitrogens with one attached hydrogen (secondary N) is 1. The highest BCUT2D eigenvalue weighted by molar-refractivity contribution is 4.85. The minimum Gasteiger partial charge on any atom is -0.376 e. The molecule has 0 spiro atoms. The van der Waals surface area contributed by atoms with Gasteiger partial charge < -0.3 is 10.1 Å². The van der Waals surface area contributed by atoms with E-state index in [0.717, 1.165) is 26.1 Å². The highest BCUT2D eigenvalue weighted by Crippen LogP contribution is 2.29. The second kappa shape index (κ2) is 5.48. The first-order valence-electron chi connectivity index (χ1n) is 6.76. The van der Waals surface area contributed by atoms with Gasteiger partial charge in [0.05, 0.1) is 12.7 Å². The standard InChI is InChI=1S/C13H26N2O/c1-3-12-10-15(8-9-16-12)11-13(2)4-6-14-7-5-13/h12,14H,3-11H2,1-2H3. The third-order valence-electron chi connectivity index (χ3n) is 4.09. The van der Waals surface area contributed by atoms with Gasteiger partial charge in [0.2, 0.25) is 0 Å². The van der Waals surface area contributed by atoms with E-state index in [2.05, 4.69) is 24.1 Å². The topological polar surface area (TPSA) is 24.5 Å². The predicted molar refractivity (Wildman–Crippen MR) is 66.7 cm³/mol. The van der Waals surface area contributed by atoms with Gasteiger partial charge >= 0.3 is 0 Å². The Bertz CT molecular complexity index is 214. The van der Waals surface area contributed by atoms with Crippen LogP contribution in [0.1, 0.15) is 33.1 Å². The van der Waals surface area contributed by atoms with Crippen LogP contribution < -0.4 is 5.32 Å². The van der Waals surface area contributed by atoms with E-state index >= 15 is 0 Å². The fourth-order valence-corrected chi connectivity index (χ4v) is 2.90. The van der Waals surface area contributed by atoms with Gasteiger partial charge in [-0.2, -0.15) is 0 Å². The summed E-state index contributed by atoms with van der Waals surface area (Å²) in [5, 5.41) is 3.45. The lowest BCUT2D eigenvalue weighted by molar-refractivity contribution is -0.0436. The van der Waals surface area contributed by atoms with Crippen molar-refractivity contribution in [2.24, 2.45) is 5.41 Å². The maximum atomic E-state index is 5.73. The summed E-state index contributed by atoms with van der Waals surface area (Å²) >= 11 is 0. The Morgan fingerprint density at radius 3 is 2.81 bits per heavy atom. The van der Waals surface area contributed by atoms with Crippen LogP contribution in [0.3, 0.4) is 0 Å². The Hall–Kier alpha value is -0.120. The largest absolute Gasteiger partial charge is 0.376 e. The molecular weight excluding hydrogens is 200 g/mol. The summed E-state index contributed by atoms with van der Waals surface area (Å²) in [5.41, 5.74) is 0.529. The van der Waals surface area contributed by atoms with Crippen molar-refractivity contribution in [1.82, 2.24) is 10.2 Å². The molecule has 0 amide bonds. The summed E-state index contributed by atoms with van der Waals surface area (Å²) in [7, 11) is 0. The number of rotatable bonds is 3. The number of hydrogen-bond acceptors (Lipinski definition) is 3. The maximum absolute atomic E-state index is 5.73. The molecule has 2 fully saturated rings. The first kappa shape index (κ1) is 12.3. The van der Waals surface area contributed by atoms with Crippen molar-refractivity contribution in [3.05, 3.63) is 0 Å². The SMILES string of the molecule is CCC1CN(CC2(C)CCNCC2)CCO1. The summed E-state index contributed by atoms with van der Waals surface area (Å²) in [6, 6.07) is 0. The van der Waals surface area contributed by atoms with E-state index in [1.165, 1.54) is 32.5 Å². The fourth-order valence-electron chi connectivity index (χ4n) is 2.90. The van der Waals surface area contributed by atoms with Crippen molar-refractivity contribution >= 4 is 0 Å². The van der Waals surface area contributed by atoms with Crippen molar-refractivity contribution in [2.45, 2.75) is 39.2 Å². The number of nitrogens with zero attached hydrogens (tertiary/aromatic N) is 1. The van der Waals surface area contributed by atoms with E-state index in [-0.39, 0.29) is 0 Å². The van der Waals surface area contributed by atoms with Gasteiger partial charge in [-0.1, -0.05) is 13.8 Å². The van der Waals surface area contributed by atoms with Gasteiger partial charge in [0.15, 0.2) is 0 Å². The van der Waals surface area contributed by atoms with Crippen molar-refractivity contribution in [3.8, 4) is 0 Å². The van der Waals surface area contributed by atoms with Gasteiger partial charge in [0.1, 0.15) is 0 Å². The Kier molecular flexibility index (Phi) is 4.22. The van der Waals surface area contributed by atoms with E-state index in [0.29, 0.717) is 11.5 Å². The van der Waals surface area contributed by atoms with Gasteiger partial charge in [-0.15, -0.1) is 0 Å². The Morgan fingerprint density at radius 2 is 2.12 bits per heavy atom. The van der Waals surface area contributed by atoms with Gasteiger partial charge in [0.25, 0.3) is 0 Å². The van der Waals surface area contributed by atoms with Crippen LogP contribution in [0.5, 0.6) is 0 Å². The zero-order chi connectivity index (χ0) is 11.4. The third kappa shape index (κ3) is 3.19. The van der Waals surface area contributed by atoms with E-state index in [1.807, 2.05) is 0 Å². The molecule has 0 aromatic carbocycles. The van der Waals surface area contributed by atoms with Crippen molar-refractivity contribution < 1.29 is 4.74 Å². The van der Waals surface area contributed by atoms with Gasteiger partial charge in [-0.25, -0.2) is 0 Å². The molecule has 0 aromatic rings. The molecule has 0 aromatic heterocycles. The predicted octanol–water partition coefficient (Wildman–Crippen LogP) is 1.49. The van der Waals surface area contributed by atoms with Gasteiger partial charge in [0, 0.05) is 19.6 Å². The van der Waals surface area contributed by atoms with Crippen molar-refractivity contribution in [1.29, 1.82) is 0 Å². The smallest absolute Gasteiger partial charge is 0.0700 e. The van der Waals surface area contributed by atoms with Crippen molar-refractivity contribution in [3.63, 3.8) is 0 Å². The number of piperidine rings is 1. The molecule has 2 aliphatic rings. The Morgan fingerprint density at radius 1 is 1.38 bits per heavy atom. The quantitative estimate of drug-likeness (QED) is 0.789.